The Bertz CT molecular complexity index is 563. The molecule has 0 saturated heterocycles. The van der Waals surface area contributed by atoms with Gasteiger partial charge in [0.25, 0.3) is 5.88 Å². The molecule has 0 aliphatic heterocycles. The van der Waals surface area contributed by atoms with E-state index in [1.165, 1.54) is 7.11 Å². The van der Waals surface area contributed by atoms with Gasteiger partial charge in [-0.15, -0.1) is 0 Å². The Balaban J connectivity index is 2.05. The second kappa shape index (κ2) is 5.99. The zero-order valence-corrected chi connectivity index (χ0v) is 10.6. The zero-order valence-electron chi connectivity index (χ0n) is 10.6. The van der Waals surface area contributed by atoms with Crippen LogP contribution in [-0.2, 0) is 6.61 Å². The van der Waals surface area contributed by atoms with Gasteiger partial charge in [-0.3, -0.25) is 0 Å². The molecule has 19 heavy (non-hydrogen) atoms. The highest BCUT2D eigenvalue weighted by molar-refractivity contribution is 5.28. The maximum Gasteiger partial charge on any atom is 0.320 e. The van der Waals surface area contributed by atoms with Gasteiger partial charge in [-0.05, 0) is 17.7 Å². The van der Waals surface area contributed by atoms with E-state index in [4.69, 9.17) is 14.2 Å². The molecule has 5 nitrogen and oxygen atoms in total. The quantitative estimate of drug-likeness (QED) is 0.828. The monoisotopic (exact) mass is 264 g/mol. The molecule has 0 radical (unpaired) electrons. The van der Waals surface area contributed by atoms with E-state index in [-0.39, 0.29) is 18.5 Å². The summed E-state index contributed by atoms with van der Waals surface area (Å²) in [6.07, 6.45) is 1.01. The van der Waals surface area contributed by atoms with Crippen molar-refractivity contribution in [3.63, 3.8) is 0 Å². The van der Waals surface area contributed by atoms with Gasteiger partial charge in [0.1, 0.15) is 12.4 Å². The van der Waals surface area contributed by atoms with Gasteiger partial charge in [-0.25, -0.2) is 4.98 Å². The van der Waals surface area contributed by atoms with Gasteiger partial charge >= 0.3 is 6.01 Å². The van der Waals surface area contributed by atoms with Crippen molar-refractivity contribution in [1.29, 1.82) is 0 Å². The minimum Gasteiger partial charge on any atom is -0.497 e. The number of methoxy groups -OCH3 is 2. The summed E-state index contributed by atoms with van der Waals surface area (Å²) in [6.45, 7) is 0.256. The van der Waals surface area contributed by atoms with E-state index in [1.807, 2.05) is 24.3 Å². The summed E-state index contributed by atoms with van der Waals surface area (Å²) in [6, 6.07) is 7.45. The average molecular weight is 264 g/mol. The lowest BCUT2D eigenvalue weighted by atomic mass is 10.2. The molecule has 0 saturated carbocycles. The fraction of sp³-hybridized carbons (Fsp3) is 0.231. The van der Waals surface area contributed by atoms with Crippen LogP contribution in [0.25, 0.3) is 0 Å². The maximum atomic E-state index is 13.1. The second-order valence-electron chi connectivity index (χ2n) is 3.65. The van der Waals surface area contributed by atoms with Gasteiger partial charge in [-0.1, -0.05) is 12.1 Å². The summed E-state index contributed by atoms with van der Waals surface area (Å²) in [5, 5.41) is 0. The molecule has 0 spiro atoms. The van der Waals surface area contributed by atoms with Crippen LogP contribution in [-0.4, -0.2) is 24.2 Å². The summed E-state index contributed by atoms with van der Waals surface area (Å²) in [7, 11) is 2.92. The third kappa shape index (κ3) is 3.31. The lowest BCUT2D eigenvalue weighted by Crippen LogP contribution is -2.02. The fourth-order valence-electron chi connectivity index (χ4n) is 1.46. The number of aromatic nitrogens is 2. The summed E-state index contributed by atoms with van der Waals surface area (Å²) in [4.78, 5) is 7.51. The van der Waals surface area contributed by atoms with Crippen LogP contribution in [0.15, 0.2) is 30.5 Å². The number of ether oxygens (including phenoxy) is 3. The summed E-state index contributed by atoms with van der Waals surface area (Å²) >= 11 is 0. The number of benzene rings is 1. The lowest BCUT2D eigenvalue weighted by Gasteiger charge is -2.07. The van der Waals surface area contributed by atoms with Crippen LogP contribution in [0.1, 0.15) is 5.56 Å². The van der Waals surface area contributed by atoms with Crippen molar-refractivity contribution in [2.24, 2.45) is 0 Å². The van der Waals surface area contributed by atoms with Crippen LogP contribution in [0.3, 0.4) is 0 Å². The SMILES string of the molecule is COc1cccc(COc2ncc(F)c(OC)n2)c1. The minimum atomic E-state index is -0.628. The first-order chi connectivity index (χ1) is 9.22. The Morgan fingerprint density at radius 2 is 2.05 bits per heavy atom. The number of nitrogens with zero attached hydrogens (tertiary/aromatic N) is 2. The Labute approximate surface area is 110 Å². The predicted octanol–water partition coefficient (Wildman–Crippen LogP) is 2.21. The number of hydrogen-bond acceptors (Lipinski definition) is 5. The molecule has 0 fully saturated rings. The van der Waals surface area contributed by atoms with Crippen molar-refractivity contribution in [3.05, 3.63) is 41.8 Å². The van der Waals surface area contributed by atoms with Gasteiger partial charge in [0.15, 0.2) is 0 Å². The zero-order chi connectivity index (χ0) is 13.7. The molecule has 0 amide bonds. The van der Waals surface area contributed by atoms with Crippen LogP contribution in [0.4, 0.5) is 4.39 Å². The first-order valence-corrected chi connectivity index (χ1v) is 5.55. The molecule has 0 N–H and O–H groups in total. The molecule has 1 aromatic heterocycles. The highest BCUT2D eigenvalue weighted by Gasteiger charge is 2.08. The number of halogens is 1. The molecule has 6 heteroatoms. The minimum absolute atomic E-state index is 0.0565. The molecule has 0 aliphatic rings. The average Bonchev–Trinajstić information content (AvgIpc) is 2.46. The van der Waals surface area contributed by atoms with Gasteiger partial charge in [0, 0.05) is 0 Å². The molecule has 0 unspecified atom stereocenters. The highest BCUT2D eigenvalue weighted by Crippen LogP contribution is 2.17. The Morgan fingerprint density at radius 3 is 2.79 bits per heavy atom. The van der Waals surface area contributed by atoms with Gasteiger partial charge in [-0.2, -0.15) is 9.37 Å². The standard InChI is InChI=1S/C13H13FN2O3/c1-17-10-5-3-4-9(6-10)8-19-13-15-7-11(14)12(16-13)18-2/h3-7H,8H2,1-2H3. The molecule has 0 bridgehead atoms. The first kappa shape index (κ1) is 13.1. The Morgan fingerprint density at radius 1 is 1.21 bits per heavy atom. The Kier molecular flexibility index (Phi) is 4.12. The maximum absolute atomic E-state index is 13.1. The van der Waals surface area contributed by atoms with Crippen molar-refractivity contribution in [3.8, 4) is 17.6 Å². The van der Waals surface area contributed by atoms with E-state index in [2.05, 4.69) is 9.97 Å². The molecule has 1 heterocycles. The third-order valence-corrected chi connectivity index (χ3v) is 2.39. The van der Waals surface area contributed by atoms with E-state index in [1.54, 1.807) is 7.11 Å². The largest absolute Gasteiger partial charge is 0.497 e. The topological polar surface area (TPSA) is 53.5 Å². The van der Waals surface area contributed by atoms with Crippen LogP contribution in [0, 0.1) is 5.82 Å². The first-order valence-electron chi connectivity index (χ1n) is 5.55. The van der Waals surface area contributed by atoms with Crippen molar-refractivity contribution in [2.45, 2.75) is 6.61 Å². The molecule has 0 atom stereocenters. The van der Waals surface area contributed by atoms with Crippen molar-refractivity contribution in [1.82, 2.24) is 9.97 Å². The molecule has 1 aromatic carbocycles. The molecular weight excluding hydrogens is 251 g/mol. The van der Waals surface area contributed by atoms with E-state index >= 15 is 0 Å². The summed E-state index contributed by atoms with van der Waals surface area (Å²) < 4.78 is 28.3. The van der Waals surface area contributed by atoms with Gasteiger partial charge in [0.2, 0.25) is 5.82 Å². The summed E-state index contributed by atoms with van der Waals surface area (Å²) in [5.74, 6) is -0.0365. The molecule has 0 aliphatic carbocycles. The highest BCUT2D eigenvalue weighted by atomic mass is 19.1. The third-order valence-electron chi connectivity index (χ3n) is 2.39. The fourth-order valence-corrected chi connectivity index (χ4v) is 1.46. The molecule has 100 valence electrons. The lowest BCUT2D eigenvalue weighted by molar-refractivity contribution is 0.268. The number of rotatable bonds is 5. The van der Waals surface area contributed by atoms with Crippen LogP contribution < -0.4 is 14.2 Å². The van der Waals surface area contributed by atoms with Gasteiger partial charge in [0.05, 0.1) is 20.4 Å². The predicted molar refractivity (Wildman–Crippen MR) is 65.9 cm³/mol. The van der Waals surface area contributed by atoms with E-state index in [0.717, 1.165) is 17.5 Å². The van der Waals surface area contributed by atoms with Gasteiger partial charge < -0.3 is 14.2 Å². The van der Waals surface area contributed by atoms with Crippen LogP contribution in [0.5, 0.6) is 17.6 Å². The summed E-state index contributed by atoms with van der Waals surface area (Å²) in [5.41, 5.74) is 0.895. The normalized spacial score (nSPS) is 10.1. The Hall–Kier alpha value is -2.37. The van der Waals surface area contributed by atoms with Crippen molar-refractivity contribution >= 4 is 0 Å². The smallest absolute Gasteiger partial charge is 0.320 e. The van der Waals surface area contributed by atoms with Crippen molar-refractivity contribution < 1.29 is 18.6 Å². The van der Waals surface area contributed by atoms with Crippen molar-refractivity contribution in [2.75, 3.05) is 14.2 Å². The van der Waals surface area contributed by atoms with E-state index < -0.39 is 5.82 Å². The van der Waals surface area contributed by atoms with E-state index in [0.29, 0.717) is 0 Å². The number of hydrogen-bond donors (Lipinski definition) is 0. The van der Waals surface area contributed by atoms with E-state index in [9.17, 15) is 4.39 Å². The molecule has 2 rings (SSSR count). The van der Waals surface area contributed by atoms with Crippen LogP contribution in [0.2, 0.25) is 0 Å². The van der Waals surface area contributed by atoms with Crippen LogP contribution >= 0.6 is 0 Å². The molecular formula is C13H13FN2O3. The molecule has 2 aromatic rings. The second-order valence-corrected chi connectivity index (χ2v) is 3.65.